The Bertz CT molecular complexity index is 2260. The lowest BCUT2D eigenvalue weighted by Crippen LogP contribution is -2.61. The summed E-state index contributed by atoms with van der Waals surface area (Å²) < 4.78 is 28.3. The van der Waals surface area contributed by atoms with E-state index in [-0.39, 0.29) is 34.2 Å². The molecular formula is C39H32O15. The van der Waals surface area contributed by atoms with Crippen LogP contribution in [0.15, 0.2) is 106 Å². The first kappa shape index (κ1) is 37.0. The van der Waals surface area contributed by atoms with Crippen LogP contribution in [0.25, 0.3) is 34.4 Å². The number of benzene rings is 4. The lowest BCUT2D eigenvalue weighted by atomic mass is 9.98. The maximum Gasteiger partial charge on any atom is 0.331 e. The highest BCUT2D eigenvalue weighted by Gasteiger charge is 2.49. The molecule has 5 atom stereocenters. The summed E-state index contributed by atoms with van der Waals surface area (Å²) in [5.74, 6) is -4.01. The Labute approximate surface area is 305 Å². The predicted molar refractivity (Wildman–Crippen MR) is 189 cm³/mol. The molecule has 0 spiro atoms. The summed E-state index contributed by atoms with van der Waals surface area (Å²) in [6.45, 7) is -0.666. The number of fused-ring (bicyclic) bond motifs is 1. The summed E-state index contributed by atoms with van der Waals surface area (Å²) in [4.78, 5) is 39.5. The second-order valence-corrected chi connectivity index (χ2v) is 12.0. The third-order valence-corrected chi connectivity index (χ3v) is 8.18. The molecule has 1 aliphatic rings. The quantitative estimate of drug-likeness (QED) is 0.0798. The van der Waals surface area contributed by atoms with E-state index < -0.39 is 77.3 Å². The Hall–Kier alpha value is -6.81. The van der Waals surface area contributed by atoms with Gasteiger partial charge in [-0.05, 0) is 71.8 Å². The van der Waals surface area contributed by atoms with E-state index in [0.717, 1.165) is 24.3 Å². The van der Waals surface area contributed by atoms with E-state index in [1.807, 2.05) is 0 Å². The van der Waals surface area contributed by atoms with Crippen LogP contribution < -0.4 is 10.2 Å². The van der Waals surface area contributed by atoms with Gasteiger partial charge in [0, 0.05) is 29.8 Å². The minimum Gasteiger partial charge on any atom is -0.508 e. The summed E-state index contributed by atoms with van der Waals surface area (Å²) in [6.07, 6.45) is -4.24. The minimum absolute atomic E-state index is 0.000756. The Kier molecular flexibility index (Phi) is 10.8. The zero-order valence-electron chi connectivity index (χ0n) is 27.9. The van der Waals surface area contributed by atoms with Gasteiger partial charge in [0.1, 0.15) is 58.5 Å². The third kappa shape index (κ3) is 8.45. The Morgan fingerprint density at radius 1 is 0.704 bits per heavy atom. The summed E-state index contributed by atoms with van der Waals surface area (Å²) in [6, 6.07) is 19.0. The van der Waals surface area contributed by atoms with Crippen molar-refractivity contribution in [3.8, 4) is 45.8 Å². The Balaban J connectivity index is 1.32. The van der Waals surface area contributed by atoms with Gasteiger partial charge in [-0.3, -0.25) is 4.79 Å². The number of esters is 2. The molecule has 1 aliphatic heterocycles. The van der Waals surface area contributed by atoms with Gasteiger partial charge in [0.25, 0.3) is 0 Å². The number of phenols is 5. The fraction of sp³-hybridized carbons (Fsp3) is 0.154. The number of aliphatic hydroxyl groups is 2. The first-order valence-corrected chi connectivity index (χ1v) is 16.2. The highest BCUT2D eigenvalue weighted by atomic mass is 16.7. The zero-order valence-corrected chi connectivity index (χ0v) is 27.9. The van der Waals surface area contributed by atoms with E-state index in [1.54, 1.807) is 12.1 Å². The lowest BCUT2D eigenvalue weighted by molar-refractivity contribution is -0.281. The first-order valence-electron chi connectivity index (χ1n) is 16.2. The van der Waals surface area contributed by atoms with E-state index in [0.29, 0.717) is 11.1 Å². The smallest absolute Gasteiger partial charge is 0.331 e. The van der Waals surface area contributed by atoms with Crippen LogP contribution in [-0.2, 0) is 23.8 Å². The number of ether oxygens (including phenoxy) is 4. The van der Waals surface area contributed by atoms with Crippen LogP contribution in [0.3, 0.4) is 0 Å². The topological polar surface area (TPSA) is 243 Å². The summed E-state index contributed by atoms with van der Waals surface area (Å²) in [5, 5.41) is 71.7. The molecule has 1 aromatic heterocycles. The van der Waals surface area contributed by atoms with Crippen LogP contribution in [-0.4, -0.2) is 85.0 Å². The van der Waals surface area contributed by atoms with Gasteiger partial charge in [-0.1, -0.05) is 24.3 Å². The number of carbonyl (C=O) groups excluding carboxylic acids is 2. The molecular weight excluding hydrogens is 708 g/mol. The molecule has 15 nitrogen and oxygen atoms in total. The summed E-state index contributed by atoms with van der Waals surface area (Å²) >= 11 is 0. The molecule has 0 aliphatic carbocycles. The van der Waals surface area contributed by atoms with Gasteiger partial charge >= 0.3 is 11.9 Å². The SMILES string of the molecule is O=C(/C=C\c1ccc(O)cc1)OC[C@H]1O[C@@H](Oc2c(-c3ccc(O)cc3)oc3cc(O)cc(O)c3c2=O)[C@H](O)[C@@H](OC(=O)/C=C\c2ccc(O)cc2)[C@@H]1O. The van der Waals surface area contributed by atoms with Crippen molar-refractivity contribution in [2.24, 2.45) is 0 Å². The van der Waals surface area contributed by atoms with Crippen molar-refractivity contribution >= 4 is 35.1 Å². The van der Waals surface area contributed by atoms with E-state index in [1.165, 1.54) is 72.8 Å². The van der Waals surface area contributed by atoms with Crippen LogP contribution in [0.5, 0.6) is 34.5 Å². The molecule has 0 bridgehead atoms. The maximum atomic E-state index is 13.9. The molecule has 5 aromatic rings. The van der Waals surface area contributed by atoms with Crippen molar-refractivity contribution in [2.75, 3.05) is 6.61 Å². The van der Waals surface area contributed by atoms with E-state index in [9.17, 15) is 50.1 Å². The molecule has 4 aromatic carbocycles. The molecule has 15 heteroatoms. The summed E-state index contributed by atoms with van der Waals surface area (Å²) in [7, 11) is 0. The van der Waals surface area contributed by atoms with Gasteiger partial charge in [-0.25, -0.2) is 9.59 Å². The van der Waals surface area contributed by atoms with Crippen LogP contribution in [0, 0.1) is 0 Å². The number of hydrogen-bond donors (Lipinski definition) is 7. The molecule has 1 saturated heterocycles. The van der Waals surface area contributed by atoms with Crippen LogP contribution in [0.1, 0.15) is 11.1 Å². The van der Waals surface area contributed by atoms with Crippen molar-refractivity contribution < 1.29 is 68.7 Å². The lowest BCUT2D eigenvalue weighted by Gasteiger charge is -2.41. The molecule has 1 fully saturated rings. The maximum absolute atomic E-state index is 13.9. The molecule has 7 N–H and O–H groups in total. The molecule has 6 rings (SSSR count). The standard InChI is InChI=1S/C39H32O15/c40-23-9-1-20(2-10-23)5-15-30(45)50-19-29-33(47)37(53-31(46)16-6-21-3-11-24(41)12-4-21)35(49)39(52-29)54-38-34(48)32-27(44)17-26(43)18-28(32)51-36(38)22-7-13-25(42)14-8-22/h1-18,29,33,35,37,39-44,47,49H,19H2/b15-5-,16-6-/t29-,33-,35-,37+,39+/m1/s1. The van der Waals surface area contributed by atoms with Gasteiger partial charge in [-0.2, -0.15) is 0 Å². The van der Waals surface area contributed by atoms with Crippen LogP contribution in [0.4, 0.5) is 0 Å². The van der Waals surface area contributed by atoms with Crippen molar-refractivity contribution in [3.05, 3.63) is 118 Å². The Morgan fingerprint density at radius 3 is 1.85 bits per heavy atom. The van der Waals surface area contributed by atoms with Crippen LogP contribution in [0.2, 0.25) is 0 Å². The molecule has 278 valence electrons. The van der Waals surface area contributed by atoms with E-state index in [4.69, 9.17) is 23.4 Å². The van der Waals surface area contributed by atoms with Crippen molar-refractivity contribution in [3.63, 3.8) is 0 Å². The highest BCUT2D eigenvalue weighted by molar-refractivity contribution is 5.89. The number of carbonyl (C=O) groups is 2. The number of hydrogen-bond acceptors (Lipinski definition) is 15. The summed E-state index contributed by atoms with van der Waals surface area (Å²) in [5.41, 5.74) is 0.00793. The number of phenolic OH excluding ortho intramolecular Hbond substituents is 5. The van der Waals surface area contributed by atoms with Crippen molar-refractivity contribution in [1.82, 2.24) is 0 Å². The van der Waals surface area contributed by atoms with E-state index in [2.05, 4.69) is 0 Å². The fourth-order valence-electron chi connectivity index (χ4n) is 5.46. The first-order chi connectivity index (χ1) is 25.9. The molecule has 0 unspecified atom stereocenters. The molecule has 0 amide bonds. The number of aromatic hydroxyl groups is 5. The third-order valence-electron chi connectivity index (χ3n) is 8.18. The zero-order chi connectivity index (χ0) is 38.5. The van der Waals surface area contributed by atoms with E-state index >= 15 is 0 Å². The number of rotatable bonds is 10. The molecule has 0 saturated carbocycles. The molecule has 54 heavy (non-hydrogen) atoms. The largest absolute Gasteiger partial charge is 0.508 e. The Morgan fingerprint density at radius 2 is 1.26 bits per heavy atom. The average Bonchev–Trinajstić information content (AvgIpc) is 3.14. The van der Waals surface area contributed by atoms with Gasteiger partial charge < -0.3 is 59.1 Å². The molecule has 0 radical (unpaired) electrons. The molecule has 2 heterocycles. The normalized spacial score (nSPS) is 19.9. The van der Waals surface area contributed by atoms with Gasteiger partial charge in [-0.15, -0.1) is 0 Å². The van der Waals surface area contributed by atoms with Gasteiger partial charge in [0.15, 0.2) is 18.0 Å². The van der Waals surface area contributed by atoms with Crippen molar-refractivity contribution in [1.29, 1.82) is 0 Å². The predicted octanol–water partition coefficient (Wildman–Crippen LogP) is 3.70. The van der Waals surface area contributed by atoms with Crippen LogP contribution >= 0.6 is 0 Å². The number of aliphatic hydroxyl groups excluding tert-OH is 2. The fourth-order valence-corrected chi connectivity index (χ4v) is 5.46. The second-order valence-electron chi connectivity index (χ2n) is 12.0. The van der Waals surface area contributed by atoms with Gasteiger partial charge in [0.05, 0.1) is 0 Å². The highest BCUT2D eigenvalue weighted by Crippen LogP contribution is 2.38. The minimum atomic E-state index is -2.00. The average molecular weight is 741 g/mol. The second kappa shape index (κ2) is 15.8. The monoisotopic (exact) mass is 740 g/mol. The van der Waals surface area contributed by atoms with Gasteiger partial charge in [0.2, 0.25) is 17.5 Å². The van der Waals surface area contributed by atoms with Crippen molar-refractivity contribution in [2.45, 2.75) is 30.7 Å².